The van der Waals surface area contributed by atoms with Gasteiger partial charge in [0.05, 0.1) is 16.7 Å². The fourth-order valence-corrected chi connectivity index (χ4v) is 4.89. The molecule has 0 spiro atoms. The molecule has 2 heterocycles. The van der Waals surface area contributed by atoms with Crippen molar-refractivity contribution >= 4 is 21.6 Å². The van der Waals surface area contributed by atoms with Crippen LogP contribution in [-0.2, 0) is 19.6 Å². The number of benzene rings is 2. The second-order valence-electron chi connectivity index (χ2n) is 7.23. The van der Waals surface area contributed by atoms with Crippen molar-refractivity contribution < 1.29 is 31.8 Å². The zero-order valence-corrected chi connectivity index (χ0v) is 17.6. The Labute approximate surface area is 179 Å². The number of rotatable bonds is 7. The molecule has 0 aliphatic carbocycles. The Kier molecular flexibility index (Phi) is 6.28. The highest BCUT2D eigenvalue weighted by Gasteiger charge is 2.29. The second-order valence-corrected chi connectivity index (χ2v) is 9.09. The van der Waals surface area contributed by atoms with Gasteiger partial charge in [0.2, 0.25) is 5.91 Å². The van der Waals surface area contributed by atoms with Crippen molar-refractivity contribution in [1.29, 1.82) is 0 Å². The van der Waals surface area contributed by atoms with E-state index >= 15 is 0 Å². The van der Waals surface area contributed by atoms with Crippen molar-refractivity contribution in [1.82, 2.24) is 5.32 Å². The lowest BCUT2D eigenvalue weighted by Gasteiger charge is -2.25. The zero-order chi connectivity index (χ0) is 21.8. The Balaban J connectivity index is 1.59. The maximum absolute atomic E-state index is 13.4. The summed E-state index contributed by atoms with van der Waals surface area (Å²) < 4.78 is 57.6. The van der Waals surface area contributed by atoms with E-state index in [2.05, 4.69) is 5.32 Å². The minimum absolute atomic E-state index is 0.0620. The van der Waals surface area contributed by atoms with Crippen LogP contribution < -0.4 is 19.1 Å². The molecule has 10 heteroatoms. The fraction of sp³-hybridized carbons (Fsp3) is 0.381. The molecule has 2 aromatic rings. The van der Waals surface area contributed by atoms with Gasteiger partial charge in [-0.05, 0) is 49.2 Å². The summed E-state index contributed by atoms with van der Waals surface area (Å²) in [4.78, 5) is 12.5. The first-order valence-electron chi connectivity index (χ1n) is 10.00. The van der Waals surface area contributed by atoms with Gasteiger partial charge in [0.1, 0.15) is 25.6 Å². The summed E-state index contributed by atoms with van der Waals surface area (Å²) in [7, 11) is -4.15. The molecule has 2 aromatic carbocycles. The third-order valence-corrected chi connectivity index (χ3v) is 6.82. The van der Waals surface area contributed by atoms with Crippen molar-refractivity contribution in [2.45, 2.75) is 23.8 Å². The molecule has 2 aliphatic rings. The number of anilines is 1. The number of carbonyl (C=O) groups is 1. The van der Waals surface area contributed by atoms with E-state index in [1.165, 1.54) is 30.3 Å². The lowest BCUT2D eigenvalue weighted by Crippen LogP contribution is -2.42. The number of ether oxygens (including phenoxy) is 3. The van der Waals surface area contributed by atoms with E-state index in [1.807, 2.05) is 0 Å². The molecule has 0 radical (unpaired) electrons. The van der Waals surface area contributed by atoms with E-state index in [4.69, 9.17) is 14.2 Å². The fourth-order valence-electron chi connectivity index (χ4n) is 3.45. The Morgan fingerprint density at radius 1 is 1.06 bits per heavy atom. The molecule has 0 saturated carbocycles. The van der Waals surface area contributed by atoms with Crippen LogP contribution in [0.15, 0.2) is 47.4 Å². The van der Waals surface area contributed by atoms with Crippen LogP contribution in [-0.4, -0.2) is 53.3 Å². The van der Waals surface area contributed by atoms with E-state index in [-0.39, 0.29) is 16.7 Å². The largest absolute Gasteiger partial charge is 0.486 e. The zero-order valence-electron chi connectivity index (χ0n) is 16.8. The summed E-state index contributed by atoms with van der Waals surface area (Å²) in [5.41, 5.74) is 0.170. The number of nitrogens with zero attached hydrogens (tertiary/aromatic N) is 1. The van der Waals surface area contributed by atoms with Crippen molar-refractivity contribution in [3.8, 4) is 11.5 Å². The number of hydrogen-bond donors (Lipinski definition) is 1. The van der Waals surface area contributed by atoms with Crippen LogP contribution >= 0.6 is 0 Å². The van der Waals surface area contributed by atoms with Gasteiger partial charge in [-0.15, -0.1) is 0 Å². The summed E-state index contributed by atoms with van der Waals surface area (Å²) >= 11 is 0. The van der Waals surface area contributed by atoms with Gasteiger partial charge in [-0.3, -0.25) is 9.10 Å². The Hall–Kier alpha value is -2.85. The molecule has 0 unspecified atom stereocenters. The molecule has 0 bridgehead atoms. The molecule has 1 N–H and O–H groups in total. The lowest BCUT2D eigenvalue weighted by molar-refractivity contribution is -0.120. The molecule has 1 atom stereocenters. The van der Waals surface area contributed by atoms with Crippen molar-refractivity contribution in [3.63, 3.8) is 0 Å². The predicted octanol–water partition coefficient (Wildman–Crippen LogP) is 2.09. The Morgan fingerprint density at radius 3 is 2.52 bits per heavy atom. The lowest BCUT2D eigenvalue weighted by atomic mass is 10.2. The van der Waals surface area contributed by atoms with E-state index in [9.17, 15) is 17.6 Å². The van der Waals surface area contributed by atoms with E-state index in [1.54, 1.807) is 0 Å². The molecule has 1 amide bonds. The van der Waals surface area contributed by atoms with Gasteiger partial charge in [-0.25, -0.2) is 12.8 Å². The topological polar surface area (TPSA) is 94.2 Å². The molecule has 0 aromatic heterocycles. The molecule has 4 rings (SSSR count). The summed E-state index contributed by atoms with van der Waals surface area (Å²) in [5.74, 6) is -0.230. The van der Waals surface area contributed by atoms with E-state index in [0.29, 0.717) is 37.9 Å². The number of halogens is 1. The number of nitrogens with one attached hydrogen (secondary N) is 1. The standard InChI is InChI=1S/C21H23FN2O6S/c22-15-3-5-16(6-4-15)24(14-21(25)23-13-17-2-1-9-28-17)31(26,27)18-7-8-19-20(12-18)30-11-10-29-19/h3-8,12,17H,1-2,9-11,13-14H2,(H,23,25)/t17-/m1/s1. The Bertz CT molecular complexity index is 1040. The summed E-state index contributed by atoms with van der Waals surface area (Å²) in [6.07, 6.45) is 1.70. The first kappa shape index (κ1) is 21.4. The van der Waals surface area contributed by atoms with Gasteiger partial charge in [0.15, 0.2) is 11.5 Å². The summed E-state index contributed by atoms with van der Waals surface area (Å²) in [6.45, 7) is 1.19. The third-order valence-electron chi connectivity index (χ3n) is 5.05. The number of carbonyl (C=O) groups excluding carboxylic acids is 1. The average molecular weight is 450 g/mol. The van der Waals surface area contributed by atoms with Gasteiger partial charge < -0.3 is 19.5 Å². The molecule has 8 nitrogen and oxygen atoms in total. The highest BCUT2D eigenvalue weighted by atomic mass is 32.2. The third kappa shape index (κ3) is 4.91. The highest BCUT2D eigenvalue weighted by molar-refractivity contribution is 7.92. The molecular weight excluding hydrogens is 427 g/mol. The number of sulfonamides is 1. The smallest absolute Gasteiger partial charge is 0.264 e. The minimum Gasteiger partial charge on any atom is -0.486 e. The molecule has 166 valence electrons. The van der Waals surface area contributed by atoms with Gasteiger partial charge in [-0.2, -0.15) is 0 Å². The van der Waals surface area contributed by atoms with Crippen LogP contribution in [0.2, 0.25) is 0 Å². The molecule has 2 aliphatic heterocycles. The monoisotopic (exact) mass is 450 g/mol. The Morgan fingerprint density at radius 2 is 1.81 bits per heavy atom. The van der Waals surface area contributed by atoms with Crippen LogP contribution in [0, 0.1) is 5.82 Å². The number of hydrogen-bond acceptors (Lipinski definition) is 6. The van der Waals surface area contributed by atoms with Crippen LogP contribution in [0.3, 0.4) is 0 Å². The van der Waals surface area contributed by atoms with Crippen LogP contribution in [0.4, 0.5) is 10.1 Å². The molecule has 1 saturated heterocycles. The predicted molar refractivity (Wildman–Crippen MR) is 110 cm³/mol. The van der Waals surface area contributed by atoms with Crippen LogP contribution in [0.1, 0.15) is 12.8 Å². The molecule has 31 heavy (non-hydrogen) atoms. The first-order chi connectivity index (χ1) is 14.9. The normalized spacial score (nSPS) is 17.9. The SMILES string of the molecule is O=C(CN(c1ccc(F)cc1)S(=O)(=O)c1ccc2c(c1)OCCO2)NC[C@H]1CCCO1. The average Bonchev–Trinajstić information content (AvgIpc) is 3.30. The summed E-state index contributed by atoms with van der Waals surface area (Å²) in [6, 6.07) is 9.20. The van der Waals surface area contributed by atoms with Crippen molar-refractivity contribution in [2.24, 2.45) is 0 Å². The van der Waals surface area contributed by atoms with Crippen LogP contribution in [0.25, 0.3) is 0 Å². The highest BCUT2D eigenvalue weighted by Crippen LogP contribution is 2.34. The summed E-state index contributed by atoms with van der Waals surface area (Å²) in [5, 5.41) is 2.72. The van der Waals surface area contributed by atoms with Gasteiger partial charge >= 0.3 is 0 Å². The van der Waals surface area contributed by atoms with Gasteiger partial charge in [0, 0.05) is 19.2 Å². The van der Waals surface area contributed by atoms with Gasteiger partial charge in [-0.1, -0.05) is 0 Å². The van der Waals surface area contributed by atoms with E-state index < -0.39 is 28.3 Å². The number of amides is 1. The second kappa shape index (κ2) is 9.11. The van der Waals surface area contributed by atoms with E-state index in [0.717, 1.165) is 29.3 Å². The maximum atomic E-state index is 13.4. The molecular formula is C21H23FN2O6S. The quantitative estimate of drug-likeness (QED) is 0.694. The van der Waals surface area contributed by atoms with Gasteiger partial charge in [0.25, 0.3) is 10.0 Å². The molecule has 1 fully saturated rings. The van der Waals surface area contributed by atoms with Crippen molar-refractivity contribution in [2.75, 3.05) is 37.2 Å². The number of fused-ring (bicyclic) bond motifs is 1. The van der Waals surface area contributed by atoms with Crippen LogP contribution in [0.5, 0.6) is 11.5 Å². The minimum atomic E-state index is -4.15. The van der Waals surface area contributed by atoms with Crippen molar-refractivity contribution in [3.05, 3.63) is 48.3 Å². The maximum Gasteiger partial charge on any atom is 0.264 e. The first-order valence-corrected chi connectivity index (χ1v) is 11.4.